The average molecular weight is 329 g/mol. The van der Waals surface area contributed by atoms with E-state index in [4.69, 9.17) is 11.6 Å². The third-order valence-corrected chi connectivity index (χ3v) is 4.03. The highest BCUT2D eigenvalue weighted by atomic mass is 35.5. The number of aromatic nitrogens is 2. The van der Waals surface area contributed by atoms with Crippen molar-refractivity contribution in [2.24, 2.45) is 11.0 Å². The molecule has 0 saturated carbocycles. The number of nitrogens with zero attached hydrogens (tertiary/aromatic N) is 4. The molecule has 1 atom stereocenters. The van der Waals surface area contributed by atoms with Gasteiger partial charge in [0.25, 0.3) is 11.9 Å². The molecular formula is C17H17ClN4O. The van der Waals surface area contributed by atoms with Crippen molar-refractivity contribution in [3.05, 3.63) is 52.3 Å². The summed E-state index contributed by atoms with van der Waals surface area (Å²) in [6.45, 7) is 5.61. The number of benzene rings is 1. The number of amides is 1. The number of hydrogen-bond acceptors (Lipinski definition) is 4. The average Bonchev–Trinajstić information content (AvgIpc) is 2.76. The SMILES string of the molecule is CC1=NN(c2nc(C)cc(C)n2)C(=O)C1Cc1ccc(Cl)cc1. The summed E-state index contributed by atoms with van der Waals surface area (Å²) in [5.74, 6) is -0.0477. The lowest BCUT2D eigenvalue weighted by atomic mass is 9.95. The molecular weight excluding hydrogens is 312 g/mol. The van der Waals surface area contributed by atoms with Gasteiger partial charge in [0.15, 0.2) is 0 Å². The Morgan fingerprint density at radius 1 is 1.09 bits per heavy atom. The van der Waals surface area contributed by atoms with E-state index in [1.807, 2.05) is 51.1 Å². The fourth-order valence-corrected chi connectivity index (χ4v) is 2.77. The molecule has 1 amide bonds. The number of aryl methyl sites for hydroxylation is 2. The molecule has 3 rings (SSSR count). The molecule has 23 heavy (non-hydrogen) atoms. The van der Waals surface area contributed by atoms with Gasteiger partial charge in [0.1, 0.15) is 0 Å². The van der Waals surface area contributed by atoms with E-state index in [0.29, 0.717) is 17.4 Å². The first kappa shape index (κ1) is 15.6. The second-order valence-electron chi connectivity index (χ2n) is 5.73. The van der Waals surface area contributed by atoms with Gasteiger partial charge >= 0.3 is 0 Å². The van der Waals surface area contributed by atoms with E-state index in [9.17, 15) is 4.79 Å². The van der Waals surface area contributed by atoms with E-state index < -0.39 is 0 Å². The van der Waals surface area contributed by atoms with Crippen LogP contribution in [-0.4, -0.2) is 21.6 Å². The Morgan fingerprint density at radius 3 is 2.30 bits per heavy atom. The third kappa shape index (κ3) is 3.24. The maximum Gasteiger partial charge on any atom is 0.259 e. The summed E-state index contributed by atoms with van der Waals surface area (Å²) in [7, 11) is 0. The normalized spacial score (nSPS) is 17.6. The molecule has 1 aromatic carbocycles. The zero-order valence-corrected chi connectivity index (χ0v) is 14.0. The van der Waals surface area contributed by atoms with Crippen LogP contribution >= 0.6 is 11.6 Å². The molecule has 2 heterocycles. The Balaban J connectivity index is 1.84. The Morgan fingerprint density at radius 2 is 1.70 bits per heavy atom. The maximum atomic E-state index is 12.7. The third-order valence-electron chi connectivity index (χ3n) is 3.78. The predicted octanol–water partition coefficient (Wildman–Crippen LogP) is 3.33. The van der Waals surface area contributed by atoms with Crippen LogP contribution < -0.4 is 5.01 Å². The Bertz CT molecular complexity index is 765. The van der Waals surface area contributed by atoms with Gasteiger partial charge in [-0.1, -0.05) is 23.7 Å². The zero-order chi connectivity index (χ0) is 16.6. The van der Waals surface area contributed by atoms with E-state index in [1.165, 1.54) is 5.01 Å². The summed E-state index contributed by atoms with van der Waals surface area (Å²) in [6, 6.07) is 9.38. The van der Waals surface area contributed by atoms with Crippen molar-refractivity contribution in [3.8, 4) is 0 Å². The summed E-state index contributed by atoms with van der Waals surface area (Å²) >= 11 is 5.90. The lowest BCUT2D eigenvalue weighted by molar-refractivity contribution is -0.119. The van der Waals surface area contributed by atoms with Crippen LogP contribution in [0.2, 0.25) is 5.02 Å². The van der Waals surface area contributed by atoms with E-state index >= 15 is 0 Å². The smallest absolute Gasteiger partial charge is 0.259 e. The number of rotatable bonds is 3. The Kier molecular flexibility index (Phi) is 4.13. The second-order valence-corrected chi connectivity index (χ2v) is 6.16. The molecule has 118 valence electrons. The van der Waals surface area contributed by atoms with Crippen LogP contribution in [0.25, 0.3) is 0 Å². The Labute approximate surface area is 140 Å². The minimum atomic E-state index is -0.291. The fraction of sp³-hybridized carbons (Fsp3) is 0.294. The van der Waals surface area contributed by atoms with Crippen LogP contribution in [0.5, 0.6) is 0 Å². The predicted molar refractivity (Wildman–Crippen MR) is 90.7 cm³/mol. The van der Waals surface area contributed by atoms with Gasteiger partial charge < -0.3 is 0 Å². The van der Waals surface area contributed by atoms with Gasteiger partial charge in [-0.3, -0.25) is 4.79 Å². The summed E-state index contributed by atoms with van der Waals surface area (Å²) in [5, 5.41) is 6.36. The lowest BCUT2D eigenvalue weighted by Crippen LogP contribution is -2.29. The van der Waals surface area contributed by atoms with Crippen molar-refractivity contribution < 1.29 is 4.79 Å². The summed E-state index contributed by atoms with van der Waals surface area (Å²) in [5.41, 5.74) is 3.45. The van der Waals surface area contributed by atoms with Crippen LogP contribution in [0.1, 0.15) is 23.9 Å². The first-order valence-corrected chi connectivity index (χ1v) is 7.77. The molecule has 0 fully saturated rings. The molecule has 1 unspecified atom stereocenters. The van der Waals surface area contributed by atoms with Crippen LogP contribution in [-0.2, 0) is 11.2 Å². The van der Waals surface area contributed by atoms with Crippen molar-refractivity contribution in [2.45, 2.75) is 27.2 Å². The highest BCUT2D eigenvalue weighted by Gasteiger charge is 2.35. The van der Waals surface area contributed by atoms with Crippen molar-refractivity contribution in [2.75, 3.05) is 5.01 Å². The highest BCUT2D eigenvalue weighted by molar-refractivity contribution is 6.30. The molecule has 2 aromatic rings. The van der Waals surface area contributed by atoms with Crippen molar-refractivity contribution in [1.82, 2.24) is 9.97 Å². The largest absolute Gasteiger partial charge is 0.272 e. The molecule has 1 aliphatic heterocycles. The van der Waals surface area contributed by atoms with Crippen LogP contribution in [0.15, 0.2) is 35.4 Å². The molecule has 0 spiro atoms. The summed E-state index contributed by atoms with van der Waals surface area (Å²) in [6.07, 6.45) is 0.590. The molecule has 0 bridgehead atoms. The van der Waals surface area contributed by atoms with Gasteiger partial charge in [-0.15, -0.1) is 0 Å². The van der Waals surface area contributed by atoms with Crippen molar-refractivity contribution in [3.63, 3.8) is 0 Å². The monoisotopic (exact) mass is 328 g/mol. The molecule has 6 heteroatoms. The van der Waals surface area contributed by atoms with Gasteiger partial charge in [-0.05, 0) is 51.0 Å². The minimum Gasteiger partial charge on any atom is -0.272 e. The minimum absolute atomic E-state index is 0.0950. The van der Waals surface area contributed by atoms with Gasteiger partial charge in [0, 0.05) is 22.1 Å². The number of carbonyl (C=O) groups is 1. The molecule has 0 saturated heterocycles. The quantitative estimate of drug-likeness (QED) is 0.868. The summed E-state index contributed by atoms with van der Waals surface area (Å²) in [4.78, 5) is 21.4. The standard InChI is InChI=1S/C17H17ClN4O/c1-10-8-11(2)20-17(19-10)22-16(23)15(12(3)21-22)9-13-4-6-14(18)7-5-13/h4-8,15H,9H2,1-3H3. The number of halogens is 1. The van der Waals surface area contributed by atoms with Gasteiger partial charge in [-0.2, -0.15) is 10.1 Å². The topological polar surface area (TPSA) is 58.5 Å². The molecule has 5 nitrogen and oxygen atoms in total. The van der Waals surface area contributed by atoms with Gasteiger partial charge in [-0.25, -0.2) is 9.97 Å². The van der Waals surface area contributed by atoms with Crippen LogP contribution in [0, 0.1) is 19.8 Å². The fourth-order valence-electron chi connectivity index (χ4n) is 2.64. The van der Waals surface area contributed by atoms with E-state index in [0.717, 1.165) is 22.7 Å². The van der Waals surface area contributed by atoms with Crippen LogP contribution in [0.3, 0.4) is 0 Å². The number of carbonyl (C=O) groups excluding carboxylic acids is 1. The van der Waals surface area contributed by atoms with Crippen LogP contribution in [0.4, 0.5) is 5.95 Å². The number of hydrogen-bond donors (Lipinski definition) is 0. The maximum absolute atomic E-state index is 12.7. The lowest BCUT2D eigenvalue weighted by Gasteiger charge is -2.13. The Hall–Kier alpha value is -2.27. The first-order valence-electron chi connectivity index (χ1n) is 7.40. The van der Waals surface area contributed by atoms with Crippen molar-refractivity contribution >= 4 is 29.2 Å². The molecule has 1 aromatic heterocycles. The molecule has 0 radical (unpaired) electrons. The van der Waals surface area contributed by atoms with Gasteiger partial charge in [0.2, 0.25) is 0 Å². The molecule has 1 aliphatic rings. The zero-order valence-electron chi connectivity index (χ0n) is 13.2. The second kappa shape index (κ2) is 6.08. The van der Waals surface area contributed by atoms with E-state index in [-0.39, 0.29) is 11.8 Å². The first-order chi connectivity index (χ1) is 10.9. The van der Waals surface area contributed by atoms with E-state index in [1.54, 1.807) is 0 Å². The van der Waals surface area contributed by atoms with Crippen molar-refractivity contribution in [1.29, 1.82) is 0 Å². The number of anilines is 1. The summed E-state index contributed by atoms with van der Waals surface area (Å²) < 4.78 is 0. The molecule has 0 N–H and O–H groups in total. The van der Waals surface area contributed by atoms with E-state index in [2.05, 4.69) is 15.1 Å². The number of hydrazone groups is 1. The molecule has 0 aliphatic carbocycles. The highest BCUT2D eigenvalue weighted by Crippen LogP contribution is 2.24. The van der Waals surface area contributed by atoms with Gasteiger partial charge in [0.05, 0.1) is 5.92 Å².